The van der Waals surface area contributed by atoms with Crippen molar-refractivity contribution >= 4 is 0 Å². The summed E-state index contributed by atoms with van der Waals surface area (Å²) in [6.07, 6.45) is 0. The zero-order chi connectivity index (χ0) is 8.15. The minimum atomic E-state index is 0.221. The van der Waals surface area contributed by atoms with E-state index in [1.807, 2.05) is 7.05 Å². The van der Waals surface area contributed by atoms with Crippen molar-refractivity contribution in [2.24, 2.45) is 17.7 Å². The van der Waals surface area contributed by atoms with Gasteiger partial charge < -0.3 is 5.11 Å². The Morgan fingerprint density at radius 2 is 2.00 bits per heavy atom. The third-order valence-electron chi connectivity index (χ3n) is 1.70. The van der Waals surface area contributed by atoms with Gasteiger partial charge in [0, 0.05) is 20.2 Å². The van der Waals surface area contributed by atoms with E-state index in [9.17, 15) is 0 Å². The summed E-state index contributed by atoms with van der Waals surface area (Å²) in [6.45, 7) is 5.15. The summed E-state index contributed by atoms with van der Waals surface area (Å²) in [4.78, 5) is 0. The van der Waals surface area contributed by atoms with Gasteiger partial charge in [0.2, 0.25) is 0 Å². The van der Waals surface area contributed by atoms with Crippen LogP contribution in [0.4, 0.5) is 0 Å². The molecule has 0 aromatic heterocycles. The zero-order valence-corrected chi connectivity index (χ0v) is 7.04. The molecule has 0 aromatic carbocycles. The summed E-state index contributed by atoms with van der Waals surface area (Å²) >= 11 is 0. The Bertz CT molecular complexity index is 83.7. The van der Waals surface area contributed by atoms with Crippen LogP contribution in [0.5, 0.6) is 0 Å². The highest BCUT2D eigenvalue weighted by Crippen LogP contribution is 2.09. The molecule has 0 spiro atoms. The maximum Gasteiger partial charge on any atom is 0.0474 e. The summed E-state index contributed by atoms with van der Waals surface area (Å²) < 4.78 is 0. The first-order valence-corrected chi connectivity index (χ1v) is 3.64. The fourth-order valence-electron chi connectivity index (χ4n) is 0.849. The lowest BCUT2D eigenvalue weighted by Crippen LogP contribution is -2.35. The van der Waals surface area contributed by atoms with E-state index in [1.165, 1.54) is 0 Å². The van der Waals surface area contributed by atoms with Crippen LogP contribution in [-0.4, -0.2) is 30.3 Å². The minimum Gasteiger partial charge on any atom is -0.396 e. The van der Waals surface area contributed by atoms with E-state index in [0.29, 0.717) is 11.8 Å². The van der Waals surface area contributed by atoms with E-state index in [2.05, 4.69) is 13.8 Å². The second-order valence-corrected chi connectivity index (χ2v) is 3.13. The molecule has 0 rings (SSSR count). The fourth-order valence-corrected chi connectivity index (χ4v) is 0.849. The summed E-state index contributed by atoms with van der Waals surface area (Å²) in [5, 5.41) is 10.5. The van der Waals surface area contributed by atoms with E-state index in [-0.39, 0.29) is 6.61 Å². The van der Waals surface area contributed by atoms with E-state index in [4.69, 9.17) is 10.9 Å². The predicted octanol–water partition coefficient (Wildman–Crippen LogP) is 0.0564. The van der Waals surface area contributed by atoms with Gasteiger partial charge in [0.1, 0.15) is 0 Å². The van der Waals surface area contributed by atoms with Crippen molar-refractivity contribution in [1.82, 2.24) is 5.01 Å². The van der Waals surface area contributed by atoms with Crippen molar-refractivity contribution < 1.29 is 5.11 Å². The van der Waals surface area contributed by atoms with Crippen molar-refractivity contribution in [2.75, 3.05) is 20.2 Å². The maximum atomic E-state index is 8.86. The first kappa shape index (κ1) is 9.88. The average molecular weight is 146 g/mol. The number of aliphatic hydroxyl groups is 1. The van der Waals surface area contributed by atoms with Crippen LogP contribution in [0.1, 0.15) is 13.8 Å². The van der Waals surface area contributed by atoms with Gasteiger partial charge in [-0.15, -0.1) is 0 Å². The highest BCUT2D eigenvalue weighted by molar-refractivity contribution is 4.62. The van der Waals surface area contributed by atoms with Gasteiger partial charge in [-0.25, -0.2) is 5.01 Å². The lowest BCUT2D eigenvalue weighted by atomic mass is 9.97. The molecule has 0 saturated heterocycles. The Balaban J connectivity index is 3.60. The normalized spacial score (nSPS) is 14.7. The van der Waals surface area contributed by atoms with Crippen molar-refractivity contribution in [2.45, 2.75) is 13.8 Å². The van der Waals surface area contributed by atoms with Crippen LogP contribution in [0, 0.1) is 11.8 Å². The fraction of sp³-hybridized carbons (Fsp3) is 1.00. The van der Waals surface area contributed by atoms with Crippen LogP contribution in [-0.2, 0) is 0 Å². The number of nitrogens with zero attached hydrogens (tertiary/aromatic N) is 1. The Labute approximate surface area is 62.8 Å². The number of aliphatic hydroxyl groups excluding tert-OH is 1. The van der Waals surface area contributed by atoms with Gasteiger partial charge in [0.05, 0.1) is 0 Å². The summed E-state index contributed by atoms with van der Waals surface area (Å²) in [5.74, 6) is 6.23. The van der Waals surface area contributed by atoms with Crippen LogP contribution in [0.2, 0.25) is 0 Å². The van der Waals surface area contributed by atoms with Crippen LogP contribution < -0.4 is 5.84 Å². The Kier molecular flexibility index (Phi) is 4.60. The molecule has 3 N–H and O–H groups in total. The molecule has 0 aromatic rings. The zero-order valence-electron chi connectivity index (χ0n) is 7.04. The van der Waals surface area contributed by atoms with Gasteiger partial charge in [-0.3, -0.25) is 5.84 Å². The molecule has 1 unspecified atom stereocenters. The molecule has 0 radical (unpaired) electrons. The SMILES string of the molecule is CC(C)C(CO)CN(C)N. The Morgan fingerprint density at radius 3 is 2.10 bits per heavy atom. The number of hydrogen-bond donors (Lipinski definition) is 2. The molecule has 0 bridgehead atoms. The van der Waals surface area contributed by atoms with Crippen molar-refractivity contribution in [3.63, 3.8) is 0 Å². The first-order valence-electron chi connectivity index (χ1n) is 3.64. The standard InChI is InChI=1S/C7H18N2O/c1-6(2)7(5-10)4-9(3)8/h6-7,10H,4-5,8H2,1-3H3. The highest BCUT2D eigenvalue weighted by atomic mass is 16.3. The van der Waals surface area contributed by atoms with Crippen LogP contribution in [0.3, 0.4) is 0 Å². The molecule has 0 aliphatic heterocycles. The van der Waals surface area contributed by atoms with E-state index < -0.39 is 0 Å². The second-order valence-electron chi connectivity index (χ2n) is 3.13. The molecular weight excluding hydrogens is 128 g/mol. The Morgan fingerprint density at radius 1 is 1.50 bits per heavy atom. The third kappa shape index (κ3) is 3.82. The van der Waals surface area contributed by atoms with Gasteiger partial charge >= 0.3 is 0 Å². The van der Waals surface area contributed by atoms with Gasteiger partial charge in [0.15, 0.2) is 0 Å². The molecule has 3 heteroatoms. The molecule has 0 fully saturated rings. The van der Waals surface area contributed by atoms with Crippen molar-refractivity contribution in [3.05, 3.63) is 0 Å². The third-order valence-corrected chi connectivity index (χ3v) is 1.70. The molecule has 62 valence electrons. The monoisotopic (exact) mass is 146 g/mol. The number of rotatable bonds is 4. The van der Waals surface area contributed by atoms with E-state index in [1.54, 1.807) is 5.01 Å². The molecule has 0 saturated carbocycles. The first-order chi connectivity index (χ1) is 4.57. The lowest BCUT2D eigenvalue weighted by molar-refractivity contribution is 0.147. The van der Waals surface area contributed by atoms with E-state index in [0.717, 1.165) is 6.54 Å². The summed E-state index contributed by atoms with van der Waals surface area (Å²) in [6, 6.07) is 0. The van der Waals surface area contributed by atoms with Crippen LogP contribution in [0.15, 0.2) is 0 Å². The van der Waals surface area contributed by atoms with Crippen LogP contribution in [0.25, 0.3) is 0 Å². The molecule has 0 heterocycles. The van der Waals surface area contributed by atoms with Crippen LogP contribution >= 0.6 is 0 Å². The lowest BCUT2D eigenvalue weighted by Gasteiger charge is -2.21. The topological polar surface area (TPSA) is 49.5 Å². The highest BCUT2D eigenvalue weighted by Gasteiger charge is 2.12. The molecule has 10 heavy (non-hydrogen) atoms. The van der Waals surface area contributed by atoms with Crippen molar-refractivity contribution in [1.29, 1.82) is 0 Å². The number of hydrogen-bond acceptors (Lipinski definition) is 3. The Hall–Kier alpha value is -0.120. The van der Waals surface area contributed by atoms with Crippen molar-refractivity contribution in [3.8, 4) is 0 Å². The summed E-state index contributed by atoms with van der Waals surface area (Å²) in [7, 11) is 1.81. The minimum absolute atomic E-state index is 0.221. The maximum absolute atomic E-state index is 8.86. The smallest absolute Gasteiger partial charge is 0.0474 e. The van der Waals surface area contributed by atoms with Gasteiger partial charge in [-0.2, -0.15) is 0 Å². The molecule has 1 atom stereocenters. The van der Waals surface area contributed by atoms with Gasteiger partial charge in [-0.1, -0.05) is 13.8 Å². The quantitative estimate of drug-likeness (QED) is 0.435. The molecule has 0 amide bonds. The average Bonchev–Trinajstić information content (AvgIpc) is 1.81. The molecule has 0 aliphatic carbocycles. The summed E-state index contributed by atoms with van der Waals surface area (Å²) in [5.41, 5.74) is 0. The predicted molar refractivity (Wildman–Crippen MR) is 42.2 cm³/mol. The molecular formula is C7H18N2O. The van der Waals surface area contributed by atoms with Gasteiger partial charge in [0.25, 0.3) is 0 Å². The molecule has 0 aliphatic rings. The van der Waals surface area contributed by atoms with E-state index >= 15 is 0 Å². The van der Waals surface area contributed by atoms with Gasteiger partial charge in [-0.05, 0) is 11.8 Å². The second kappa shape index (κ2) is 4.66. The molecule has 3 nitrogen and oxygen atoms in total. The largest absolute Gasteiger partial charge is 0.396 e. The number of nitrogens with two attached hydrogens (primary N) is 1. The number of hydrazine groups is 1.